The number of aromatic nitrogens is 3. The Kier molecular flexibility index (Phi) is 4.71. The van der Waals surface area contributed by atoms with E-state index in [0.29, 0.717) is 0 Å². The van der Waals surface area contributed by atoms with Gasteiger partial charge in [-0.2, -0.15) is 10.4 Å². The Bertz CT molecular complexity index is 1000. The van der Waals surface area contributed by atoms with Gasteiger partial charge in [-0.25, -0.2) is 13.8 Å². The molecule has 0 saturated heterocycles. The summed E-state index contributed by atoms with van der Waals surface area (Å²) in [4.78, 5) is 16.3. The molecule has 1 amide bonds. The minimum absolute atomic E-state index is 0.0295. The normalized spacial score (nSPS) is 10.4. The molecule has 0 bridgehead atoms. The fourth-order valence-corrected chi connectivity index (χ4v) is 2.46. The second kappa shape index (κ2) is 7.11. The van der Waals surface area contributed by atoms with E-state index in [1.54, 1.807) is 24.0 Å². The van der Waals surface area contributed by atoms with Gasteiger partial charge in [-0.1, -0.05) is 0 Å². The highest BCUT2D eigenvalue weighted by molar-refractivity contribution is 5.95. The first kappa shape index (κ1) is 17.2. The van der Waals surface area contributed by atoms with Crippen LogP contribution in [0.5, 0.6) is 0 Å². The summed E-state index contributed by atoms with van der Waals surface area (Å²) in [6, 6.07) is 7.90. The summed E-state index contributed by atoms with van der Waals surface area (Å²) in [7, 11) is 1.75. The molecule has 1 aromatic carbocycles. The molecule has 0 atom stereocenters. The van der Waals surface area contributed by atoms with Crippen molar-refractivity contribution >= 4 is 5.91 Å². The number of carbonyl (C=O) groups excluding carboxylic acids is 1. The molecule has 130 valence electrons. The third kappa shape index (κ3) is 3.57. The van der Waals surface area contributed by atoms with E-state index < -0.39 is 17.5 Å². The number of hydrogen-bond donors (Lipinski definition) is 1. The number of hydrogen-bond acceptors (Lipinski definition) is 4. The molecular formula is C18H13F2N5O. The van der Waals surface area contributed by atoms with Gasteiger partial charge in [0.2, 0.25) is 0 Å². The van der Waals surface area contributed by atoms with Crippen LogP contribution in [0.25, 0.3) is 11.1 Å². The van der Waals surface area contributed by atoms with Crippen LogP contribution in [0.2, 0.25) is 0 Å². The van der Waals surface area contributed by atoms with Crippen molar-refractivity contribution in [3.8, 4) is 17.2 Å². The Morgan fingerprint density at radius 2 is 2.00 bits per heavy atom. The molecule has 3 rings (SSSR count). The van der Waals surface area contributed by atoms with Crippen molar-refractivity contribution in [2.75, 3.05) is 0 Å². The van der Waals surface area contributed by atoms with Gasteiger partial charge in [0.25, 0.3) is 5.91 Å². The number of nitrogens with one attached hydrogen (secondary N) is 1. The molecule has 3 aromatic rings. The largest absolute Gasteiger partial charge is 0.346 e. The van der Waals surface area contributed by atoms with E-state index in [1.807, 2.05) is 6.07 Å². The highest BCUT2D eigenvalue weighted by Crippen LogP contribution is 2.25. The Morgan fingerprint density at radius 3 is 2.62 bits per heavy atom. The molecule has 8 heteroatoms. The fourth-order valence-electron chi connectivity index (χ4n) is 2.46. The zero-order valence-corrected chi connectivity index (χ0v) is 13.7. The molecule has 2 heterocycles. The van der Waals surface area contributed by atoms with E-state index in [1.165, 1.54) is 12.3 Å². The van der Waals surface area contributed by atoms with Gasteiger partial charge < -0.3 is 5.32 Å². The third-order valence-corrected chi connectivity index (χ3v) is 3.78. The maximum atomic E-state index is 13.5. The van der Waals surface area contributed by atoms with Gasteiger partial charge in [0.05, 0.1) is 17.8 Å². The van der Waals surface area contributed by atoms with Crippen LogP contribution in [0.15, 0.2) is 42.7 Å². The molecule has 0 aliphatic heterocycles. The number of amides is 1. The van der Waals surface area contributed by atoms with Gasteiger partial charge in [-0.15, -0.1) is 0 Å². The lowest BCUT2D eigenvalue weighted by Crippen LogP contribution is -2.24. The Balaban J connectivity index is 1.91. The molecule has 0 aliphatic rings. The van der Waals surface area contributed by atoms with Gasteiger partial charge in [-0.3, -0.25) is 9.48 Å². The monoisotopic (exact) mass is 353 g/mol. The van der Waals surface area contributed by atoms with E-state index in [-0.39, 0.29) is 28.9 Å². The average Bonchev–Trinajstić information content (AvgIpc) is 3.03. The molecular weight excluding hydrogens is 340 g/mol. The first-order chi connectivity index (χ1) is 12.5. The number of aryl methyl sites for hydroxylation is 1. The molecule has 0 unspecified atom stereocenters. The van der Waals surface area contributed by atoms with Crippen LogP contribution < -0.4 is 5.32 Å². The summed E-state index contributed by atoms with van der Waals surface area (Å²) in [5.74, 6) is -1.99. The molecule has 2 aromatic heterocycles. The van der Waals surface area contributed by atoms with Crippen LogP contribution in [-0.4, -0.2) is 20.7 Å². The highest BCUT2D eigenvalue weighted by Gasteiger charge is 2.14. The minimum atomic E-state index is -0.782. The van der Waals surface area contributed by atoms with Crippen LogP contribution in [-0.2, 0) is 13.6 Å². The number of nitriles is 1. The van der Waals surface area contributed by atoms with Crippen molar-refractivity contribution in [2.24, 2.45) is 7.05 Å². The predicted molar refractivity (Wildman–Crippen MR) is 88.7 cm³/mol. The number of pyridine rings is 1. The topological polar surface area (TPSA) is 83.6 Å². The zero-order valence-electron chi connectivity index (χ0n) is 13.7. The summed E-state index contributed by atoms with van der Waals surface area (Å²) in [6.07, 6.45) is 2.86. The first-order valence-corrected chi connectivity index (χ1v) is 7.59. The molecule has 0 saturated carbocycles. The summed E-state index contributed by atoms with van der Waals surface area (Å²) in [5, 5.41) is 15.9. The van der Waals surface area contributed by atoms with Crippen LogP contribution in [0.1, 0.15) is 21.7 Å². The number of halogens is 2. The number of benzene rings is 1. The number of carbonyl (C=O) groups is 1. The second-order valence-corrected chi connectivity index (χ2v) is 5.52. The van der Waals surface area contributed by atoms with Gasteiger partial charge in [-0.05, 0) is 29.8 Å². The molecule has 6 nitrogen and oxygen atoms in total. The smallest absolute Gasteiger partial charge is 0.253 e. The molecule has 26 heavy (non-hydrogen) atoms. The lowest BCUT2D eigenvalue weighted by atomic mass is 10.0. The molecule has 0 fully saturated rings. The van der Waals surface area contributed by atoms with E-state index in [4.69, 9.17) is 0 Å². The first-order valence-electron chi connectivity index (χ1n) is 7.59. The Morgan fingerprint density at radius 1 is 1.27 bits per heavy atom. The third-order valence-electron chi connectivity index (χ3n) is 3.78. The van der Waals surface area contributed by atoms with Crippen molar-refractivity contribution < 1.29 is 13.6 Å². The minimum Gasteiger partial charge on any atom is -0.346 e. The van der Waals surface area contributed by atoms with E-state index in [2.05, 4.69) is 15.4 Å². The predicted octanol–water partition coefficient (Wildman–Crippen LogP) is 2.56. The summed E-state index contributed by atoms with van der Waals surface area (Å²) >= 11 is 0. The Hall–Kier alpha value is -3.60. The maximum Gasteiger partial charge on any atom is 0.253 e. The van der Waals surface area contributed by atoms with Crippen molar-refractivity contribution in [2.45, 2.75) is 6.54 Å². The lowest BCUT2D eigenvalue weighted by molar-refractivity contribution is 0.0949. The lowest BCUT2D eigenvalue weighted by Gasteiger charge is -2.09. The zero-order chi connectivity index (χ0) is 18.7. The van der Waals surface area contributed by atoms with Crippen molar-refractivity contribution in [1.29, 1.82) is 5.26 Å². The van der Waals surface area contributed by atoms with Crippen LogP contribution in [0, 0.1) is 23.0 Å². The standard InChI is InChI=1S/C18H13F2N5O/c1-25-15(2-3-24-25)10-23-18(26)12-6-16(17(8-21)22-9-12)11-4-13(19)7-14(20)5-11/h2-7,9H,10H2,1H3,(H,23,26). The van der Waals surface area contributed by atoms with Gasteiger partial charge in [0, 0.05) is 31.1 Å². The van der Waals surface area contributed by atoms with Crippen LogP contribution in [0.3, 0.4) is 0 Å². The van der Waals surface area contributed by atoms with Crippen molar-refractivity contribution in [3.63, 3.8) is 0 Å². The summed E-state index contributed by atoms with van der Waals surface area (Å²) in [5.41, 5.74) is 1.25. The van der Waals surface area contributed by atoms with Crippen LogP contribution >= 0.6 is 0 Å². The SMILES string of the molecule is Cn1nccc1CNC(=O)c1cnc(C#N)c(-c2cc(F)cc(F)c2)c1. The Labute approximate surface area is 147 Å². The van der Waals surface area contributed by atoms with E-state index in [9.17, 15) is 18.8 Å². The molecule has 0 aliphatic carbocycles. The molecule has 0 radical (unpaired) electrons. The van der Waals surface area contributed by atoms with Gasteiger partial charge in [0.15, 0.2) is 0 Å². The molecule has 0 spiro atoms. The maximum absolute atomic E-state index is 13.5. The van der Waals surface area contributed by atoms with Crippen LogP contribution in [0.4, 0.5) is 8.78 Å². The average molecular weight is 353 g/mol. The van der Waals surface area contributed by atoms with Crippen molar-refractivity contribution in [3.05, 3.63) is 71.3 Å². The summed E-state index contributed by atoms with van der Waals surface area (Å²) in [6.45, 7) is 0.249. The second-order valence-electron chi connectivity index (χ2n) is 5.52. The number of rotatable bonds is 4. The summed E-state index contributed by atoms with van der Waals surface area (Å²) < 4.78 is 28.6. The number of nitrogens with zero attached hydrogens (tertiary/aromatic N) is 4. The van der Waals surface area contributed by atoms with E-state index >= 15 is 0 Å². The quantitative estimate of drug-likeness (QED) is 0.781. The molecule has 1 N–H and O–H groups in total. The highest BCUT2D eigenvalue weighted by atomic mass is 19.1. The van der Waals surface area contributed by atoms with Crippen molar-refractivity contribution in [1.82, 2.24) is 20.1 Å². The van der Waals surface area contributed by atoms with Gasteiger partial charge >= 0.3 is 0 Å². The fraction of sp³-hybridized carbons (Fsp3) is 0.111. The van der Waals surface area contributed by atoms with E-state index in [0.717, 1.165) is 23.9 Å². The van der Waals surface area contributed by atoms with Gasteiger partial charge in [0.1, 0.15) is 23.4 Å².